The van der Waals surface area contributed by atoms with Crippen molar-refractivity contribution < 1.29 is 19.0 Å². The second-order valence-electron chi connectivity index (χ2n) is 7.58. The van der Waals surface area contributed by atoms with Gasteiger partial charge >= 0.3 is 6.03 Å². The number of anilines is 1. The van der Waals surface area contributed by atoms with Gasteiger partial charge in [-0.25, -0.2) is 4.79 Å². The molecule has 0 radical (unpaired) electrons. The fraction of sp³-hybridized carbons (Fsp3) is 0.280. The zero-order valence-electron chi connectivity index (χ0n) is 18.1. The Bertz CT molecular complexity index is 1010. The molecule has 1 aliphatic rings. The third-order valence-electron chi connectivity index (χ3n) is 5.23. The summed E-state index contributed by atoms with van der Waals surface area (Å²) in [7, 11) is 1.61. The van der Waals surface area contributed by atoms with E-state index in [-0.39, 0.29) is 12.1 Å². The van der Waals surface area contributed by atoms with E-state index < -0.39 is 0 Å². The summed E-state index contributed by atoms with van der Waals surface area (Å²) in [5.74, 6) is 1.94. The average molecular weight is 434 g/mol. The molecule has 7 heteroatoms. The summed E-state index contributed by atoms with van der Waals surface area (Å²) < 4.78 is 17.0. The van der Waals surface area contributed by atoms with Crippen LogP contribution >= 0.6 is 0 Å². The van der Waals surface area contributed by atoms with Crippen molar-refractivity contribution in [2.75, 3.05) is 25.6 Å². The Labute approximate surface area is 187 Å². The number of hydrogen-bond donors (Lipinski definition) is 1. The first-order chi connectivity index (χ1) is 15.7. The minimum Gasteiger partial charge on any atom is -0.493 e. The maximum Gasteiger partial charge on any atom is 0.322 e. The highest BCUT2D eigenvalue weighted by Crippen LogP contribution is 2.31. The number of rotatable bonds is 8. The second-order valence-corrected chi connectivity index (χ2v) is 7.58. The molecule has 1 aromatic heterocycles. The molecule has 1 N–H and O–H groups in total. The van der Waals surface area contributed by atoms with Crippen LogP contribution in [0.2, 0.25) is 0 Å². The van der Waals surface area contributed by atoms with Gasteiger partial charge in [-0.05, 0) is 60.9 Å². The van der Waals surface area contributed by atoms with Crippen LogP contribution in [0, 0.1) is 0 Å². The lowest BCUT2D eigenvalue weighted by Gasteiger charge is -2.26. The summed E-state index contributed by atoms with van der Waals surface area (Å²) in [5.41, 5.74) is 1.66. The molecule has 4 rings (SSSR count). The van der Waals surface area contributed by atoms with E-state index in [9.17, 15) is 4.79 Å². The van der Waals surface area contributed by atoms with Crippen LogP contribution in [-0.4, -0.2) is 42.3 Å². The molecular formula is C25H27N3O4. The SMILES string of the molecule is COc1ccccc1Oc1ccc(NC(=O)N(Cc2cccnc2)C[C@H]2CCCO2)cc1. The molecule has 2 heterocycles. The van der Waals surface area contributed by atoms with Crippen molar-refractivity contribution >= 4 is 11.7 Å². The van der Waals surface area contributed by atoms with Gasteiger partial charge in [0.05, 0.1) is 13.2 Å². The van der Waals surface area contributed by atoms with Gasteiger partial charge in [0.1, 0.15) is 5.75 Å². The molecule has 32 heavy (non-hydrogen) atoms. The minimum atomic E-state index is -0.178. The van der Waals surface area contributed by atoms with E-state index >= 15 is 0 Å². The van der Waals surface area contributed by atoms with Gasteiger partial charge in [0.15, 0.2) is 11.5 Å². The summed E-state index contributed by atoms with van der Waals surface area (Å²) in [5, 5.41) is 2.98. The number of nitrogens with zero attached hydrogens (tertiary/aromatic N) is 2. The molecule has 2 aromatic carbocycles. The zero-order chi connectivity index (χ0) is 22.2. The summed E-state index contributed by atoms with van der Waals surface area (Å²) in [6, 6.07) is 18.4. The summed E-state index contributed by atoms with van der Waals surface area (Å²) in [6.45, 7) is 1.75. The van der Waals surface area contributed by atoms with Crippen LogP contribution in [0.1, 0.15) is 18.4 Å². The molecule has 1 saturated heterocycles. The highest BCUT2D eigenvalue weighted by Gasteiger charge is 2.23. The van der Waals surface area contributed by atoms with E-state index in [0.717, 1.165) is 25.0 Å². The molecule has 1 fully saturated rings. The number of pyridine rings is 1. The summed E-state index contributed by atoms with van der Waals surface area (Å²) in [4.78, 5) is 19.0. The van der Waals surface area contributed by atoms with Crippen molar-refractivity contribution in [1.82, 2.24) is 9.88 Å². The van der Waals surface area contributed by atoms with Crippen molar-refractivity contribution in [3.63, 3.8) is 0 Å². The fourth-order valence-electron chi connectivity index (χ4n) is 3.60. The molecule has 166 valence electrons. The molecule has 3 aromatic rings. The Morgan fingerprint density at radius 3 is 2.62 bits per heavy atom. The smallest absolute Gasteiger partial charge is 0.322 e. The first kappa shape index (κ1) is 21.6. The maximum atomic E-state index is 13.1. The number of carbonyl (C=O) groups is 1. The lowest BCUT2D eigenvalue weighted by molar-refractivity contribution is 0.0819. The number of urea groups is 1. The van der Waals surface area contributed by atoms with Gasteiger partial charge in [-0.2, -0.15) is 0 Å². The van der Waals surface area contributed by atoms with E-state index in [0.29, 0.717) is 36.0 Å². The third kappa shape index (κ3) is 5.76. The Hall–Kier alpha value is -3.58. The van der Waals surface area contributed by atoms with Crippen LogP contribution in [0.25, 0.3) is 0 Å². The fourth-order valence-corrected chi connectivity index (χ4v) is 3.60. The van der Waals surface area contributed by atoms with Crippen molar-refractivity contribution in [3.8, 4) is 17.2 Å². The summed E-state index contributed by atoms with van der Waals surface area (Å²) >= 11 is 0. The standard InChI is InChI=1S/C25H27N3O4/c1-30-23-8-2-3-9-24(23)32-21-12-10-20(11-13-21)27-25(29)28(18-22-7-5-15-31-22)17-19-6-4-14-26-16-19/h2-4,6,8-14,16,22H,5,7,15,17-18H2,1H3,(H,27,29)/t22-/m1/s1. The zero-order valence-corrected chi connectivity index (χ0v) is 18.1. The van der Waals surface area contributed by atoms with E-state index in [2.05, 4.69) is 10.3 Å². The number of hydrogen-bond acceptors (Lipinski definition) is 5. The van der Waals surface area contributed by atoms with Crippen molar-refractivity contribution in [3.05, 3.63) is 78.6 Å². The number of aromatic nitrogens is 1. The molecule has 0 aliphatic carbocycles. The number of ether oxygens (including phenoxy) is 3. The molecule has 2 amide bonds. The maximum absolute atomic E-state index is 13.1. The van der Waals surface area contributed by atoms with Gasteiger partial charge in [0.25, 0.3) is 0 Å². The van der Waals surface area contributed by atoms with Crippen molar-refractivity contribution in [1.29, 1.82) is 0 Å². The molecule has 1 atom stereocenters. The lowest BCUT2D eigenvalue weighted by atomic mass is 10.2. The highest BCUT2D eigenvalue weighted by atomic mass is 16.5. The molecule has 0 spiro atoms. The molecule has 1 aliphatic heterocycles. The Morgan fingerprint density at radius 2 is 1.94 bits per heavy atom. The number of methoxy groups -OCH3 is 1. The van der Waals surface area contributed by atoms with Gasteiger partial charge in [0, 0.05) is 37.8 Å². The Kier molecular flexibility index (Phi) is 7.19. The molecule has 0 bridgehead atoms. The second kappa shape index (κ2) is 10.6. The summed E-state index contributed by atoms with van der Waals surface area (Å²) in [6.07, 6.45) is 5.56. The third-order valence-corrected chi connectivity index (χ3v) is 5.23. The van der Waals surface area contributed by atoms with Gasteiger partial charge in [-0.3, -0.25) is 4.98 Å². The van der Waals surface area contributed by atoms with E-state index in [1.54, 1.807) is 24.4 Å². The Balaban J connectivity index is 1.41. The number of carbonyl (C=O) groups excluding carboxylic acids is 1. The predicted molar refractivity (Wildman–Crippen MR) is 122 cm³/mol. The van der Waals surface area contributed by atoms with E-state index in [1.807, 2.05) is 60.7 Å². The number of para-hydroxylation sites is 2. The first-order valence-corrected chi connectivity index (χ1v) is 10.7. The quantitative estimate of drug-likeness (QED) is 0.535. The largest absolute Gasteiger partial charge is 0.493 e. The number of nitrogens with one attached hydrogen (secondary N) is 1. The van der Waals surface area contributed by atoms with Gasteiger partial charge in [-0.1, -0.05) is 18.2 Å². The van der Waals surface area contributed by atoms with Crippen LogP contribution < -0.4 is 14.8 Å². The van der Waals surface area contributed by atoms with Crippen molar-refractivity contribution in [2.45, 2.75) is 25.5 Å². The molecule has 0 unspecified atom stereocenters. The molecule has 0 saturated carbocycles. The monoisotopic (exact) mass is 433 g/mol. The normalized spacial score (nSPS) is 15.2. The Morgan fingerprint density at radius 1 is 1.12 bits per heavy atom. The molecule has 7 nitrogen and oxygen atoms in total. The van der Waals surface area contributed by atoms with Crippen LogP contribution in [0.15, 0.2) is 73.1 Å². The lowest BCUT2D eigenvalue weighted by Crippen LogP contribution is -2.39. The topological polar surface area (TPSA) is 72.9 Å². The van der Waals surface area contributed by atoms with E-state index in [1.165, 1.54) is 0 Å². The van der Waals surface area contributed by atoms with Gasteiger partial charge < -0.3 is 24.4 Å². The average Bonchev–Trinajstić information content (AvgIpc) is 3.34. The van der Waals surface area contributed by atoms with Crippen LogP contribution in [0.5, 0.6) is 17.2 Å². The number of amides is 2. The van der Waals surface area contributed by atoms with Crippen molar-refractivity contribution in [2.24, 2.45) is 0 Å². The van der Waals surface area contributed by atoms with Gasteiger partial charge in [0.2, 0.25) is 0 Å². The predicted octanol–water partition coefficient (Wildman–Crippen LogP) is 5.10. The van der Waals surface area contributed by atoms with Crippen LogP contribution in [0.4, 0.5) is 10.5 Å². The molecular weight excluding hydrogens is 406 g/mol. The van der Waals surface area contributed by atoms with Crippen LogP contribution in [0.3, 0.4) is 0 Å². The number of benzene rings is 2. The van der Waals surface area contributed by atoms with Crippen LogP contribution in [-0.2, 0) is 11.3 Å². The van der Waals surface area contributed by atoms with Gasteiger partial charge in [-0.15, -0.1) is 0 Å². The highest BCUT2D eigenvalue weighted by molar-refractivity contribution is 5.89. The first-order valence-electron chi connectivity index (χ1n) is 10.7. The van der Waals surface area contributed by atoms with E-state index in [4.69, 9.17) is 14.2 Å². The minimum absolute atomic E-state index is 0.0639.